The molecule has 6 heteroatoms. The van der Waals surface area contributed by atoms with Crippen LogP contribution in [0.25, 0.3) is 0 Å². The molecule has 1 unspecified atom stereocenters. The van der Waals surface area contributed by atoms with Gasteiger partial charge in [0.25, 0.3) is 0 Å². The van der Waals surface area contributed by atoms with Gasteiger partial charge in [-0.25, -0.2) is 0 Å². The highest BCUT2D eigenvalue weighted by Gasteiger charge is 2.38. The van der Waals surface area contributed by atoms with Crippen LogP contribution in [0.3, 0.4) is 0 Å². The first-order valence-electron chi connectivity index (χ1n) is 4.80. The molecule has 94 valence electrons. The first-order chi connectivity index (χ1) is 7.82. The van der Waals surface area contributed by atoms with Gasteiger partial charge in [-0.1, -0.05) is 12.1 Å². The number of aliphatic hydroxyl groups is 1. The van der Waals surface area contributed by atoms with E-state index in [0.29, 0.717) is 0 Å². The molecule has 0 aliphatic rings. The fourth-order valence-corrected chi connectivity index (χ4v) is 1.15. The first kappa shape index (κ1) is 13.5. The second kappa shape index (κ2) is 5.18. The van der Waals surface area contributed by atoms with Crippen molar-refractivity contribution in [1.82, 2.24) is 0 Å². The Morgan fingerprint density at radius 3 is 2.53 bits per heavy atom. The number of hydrogen-bond donors (Lipinski definition) is 1. The Bertz CT molecular complexity index is 401. The maximum atomic E-state index is 12.0. The zero-order chi connectivity index (χ0) is 13.1. The average molecular weight is 248 g/mol. The van der Waals surface area contributed by atoms with Crippen molar-refractivity contribution >= 4 is 5.78 Å². The van der Waals surface area contributed by atoms with Gasteiger partial charge in [0.05, 0.1) is 5.56 Å². The second-order valence-electron chi connectivity index (χ2n) is 3.42. The third-order valence-electron chi connectivity index (χ3n) is 2.04. The number of benzene rings is 1. The van der Waals surface area contributed by atoms with Crippen LogP contribution >= 0.6 is 0 Å². The number of rotatable bonds is 4. The molecule has 1 aromatic carbocycles. The lowest BCUT2D eigenvalue weighted by Crippen LogP contribution is -2.34. The molecule has 0 aromatic heterocycles. The Kier molecular flexibility index (Phi) is 4.11. The monoisotopic (exact) mass is 248 g/mol. The van der Waals surface area contributed by atoms with Gasteiger partial charge in [0, 0.05) is 0 Å². The minimum absolute atomic E-state index is 0.0308. The van der Waals surface area contributed by atoms with Gasteiger partial charge in [-0.05, 0) is 19.1 Å². The number of alkyl halides is 3. The van der Waals surface area contributed by atoms with E-state index in [9.17, 15) is 18.0 Å². The fraction of sp³-hybridized carbons (Fsp3) is 0.364. The highest BCUT2D eigenvalue weighted by atomic mass is 19.4. The van der Waals surface area contributed by atoms with Crippen LogP contribution in [0.4, 0.5) is 13.2 Å². The predicted octanol–water partition coefficient (Wildman–Crippen LogP) is 2.19. The molecule has 17 heavy (non-hydrogen) atoms. The van der Waals surface area contributed by atoms with Crippen LogP contribution in [-0.4, -0.2) is 29.8 Å². The third kappa shape index (κ3) is 3.74. The van der Waals surface area contributed by atoms with Gasteiger partial charge in [0.15, 0.2) is 11.9 Å². The molecule has 1 N–H and O–H groups in total. The molecule has 3 nitrogen and oxygen atoms in total. The summed E-state index contributed by atoms with van der Waals surface area (Å²) < 4.78 is 40.8. The second-order valence-corrected chi connectivity index (χ2v) is 3.42. The van der Waals surface area contributed by atoms with Crippen LogP contribution in [0.2, 0.25) is 0 Å². The standard InChI is InChI=1S/C11H11F3O3/c1-7(15)8-4-2-3-5-9(8)17-6-10(16)11(12,13)14/h2-5,10,16H,6H2,1H3. The van der Waals surface area contributed by atoms with Gasteiger partial charge in [-0.3, -0.25) is 4.79 Å². The SMILES string of the molecule is CC(=O)c1ccccc1OCC(O)C(F)(F)F. The molecule has 0 spiro atoms. The topological polar surface area (TPSA) is 46.5 Å². The summed E-state index contributed by atoms with van der Waals surface area (Å²) in [4.78, 5) is 11.1. The number of hydrogen-bond acceptors (Lipinski definition) is 3. The summed E-state index contributed by atoms with van der Waals surface area (Å²) in [5.74, 6) is -0.287. The Labute approximate surface area is 95.8 Å². The number of halogens is 3. The Morgan fingerprint density at radius 1 is 1.41 bits per heavy atom. The van der Waals surface area contributed by atoms with E-state index in [2.05, 4.69) is 0 Å². The van der Waals surface area contributed by atoms with Crippen molar-refractivity contribution in [3.05, 3.63) is 29.8 Å². The minimum atomic E-state index is -4.73. The number of aliphatic hydroxyl groups excluding tert-OH is 1. The van der Waals surface area contributed by atoms with Gasteiger partial charge in [0.2, 0.25) is 0 Å². The van der Waals surface area contributed by atoms with E-state index in [4.69, 9.17) is 9.84 Å². The van der Waals surface area contributed by atoms with E-state index in [0.717, 1.165) is 0 Å². The van der Waals surface area contributed by atoms with Crippen molar-refractivity contribution in [2.24, 2.45) is 0 Å². The van der Waals surface area contributed by atoms with E-state index in [1.165, 1.54) is 25.1 Å². The van der Waals surface area contributed by atoms with Gasteiger partial charge in [-0.2, -0.15) is 13.2 Å². The minimum Gasteiger partial charge on any atom is -0.490 e. The van der Waals surface area contributed by atoms with Crippen LogP contribution in [0.5, 0.6) is 5.75 Å². The molecule has 0 heterocycles. The summed E-state index contributed by atoms with van der Waals surface area (Å²) in [6.45, 7) is 0.343. The Balaban J connectivity index is 2.73. The first-order valence-corrected chi connectivity index (χ1v) is 4.80. The lowest BCUT2D eigenvalue weighted by molar-refractivity contribution is -0.210. The maximum absolute atomic E-state index is 12.0. The Morgan fingerprint density at radius 2 is 2.00 bits per heavy atom. The number of ether oxygens (including phenoxy) is 1. The highest BCUT2D eigenvalue weighted by Crippen LogP contribution is 2.23. The van der Waals surface area contributed by atoms with Gasteiger partial charge in [-0.15, -0.1) is 0 Å². The van der Waals surface area contributed by atoms with Crippen molar-refractivity contribution in [2.75, 3.05) is 6.61 Å². The number of para-hydroxylation sites is 1. The Hall–Kier alpha value is -1.56. The van der Waals surface area contributed by atoms with Gasteiger partial charge in [0.1, 0.15) is 12.4 Å². The number of carbonyl (C=O) groups excluding carboxylic acids is 1. The van der Waals surface area contributed by atoms with Crippen LogP contribution < -0.4 is 4.74 Å². The molecule has 1 atom stereocenters. The summed E-state index contributed by atoms with van der Waals surface area (Å²) in [5.41, 5.74) is 0.182. The summed E-state index contributed by atoms with van der Waals surface area (Å²) >= 11 is 0. The van der Waals surface area contributed by atoms with E-state index in [-0.39, 0.29) is 17.1 Å². The van der Waals surface area contributed by atoms with E-state index in [1.807, 2.05) is 0 Å². The van der Waals surface area contributed by atoms with Crippen LogP contribution in [0, 0.1) is 0 Å². The summed E-state index contributed by atoms with van der Waals surface area (Å²) in [5, 5.41) is 8.74. The zero-order valence-corrected chi connectivity index (χ0v) is 8.99. The fourth-order valence-electron chi connectivity index (χ4n) is 1.15. The predicted molar refractivity (Wildman–Crippen MR) is 54.0 cm³/mol. The lowest BCUT2D eigenvalue weighted by atomic mass is 10.1. The quantitative estimate of drug-likeness (QED) is 0.831. The molecule has 0 bridgehead atoms. The van der Waals surface area contributed by atoms with E-state index >= 15 is 0 Å². The third-order valence-corrected chi connectivity index (χ3v) is 2.04. The number of Topliss-reactive ketones (excluding diaryl/α,β-unsaturated/α-hetero) is 1. The molecule has 0 fully saturated rings. The lowest BCUT2D eigenvalue weighted by Gasteiger charge is -2.16. The molecular formula is C11H11F3O3. The van der Waals surface area contributed by atoms with Crippen molar-refractivity contribution in [3.63, 3.8) is 0 Å². The molecule has 1 rings (SSSR count). The van der Waals surface area contributed by atoms with Crippen molar-refractivity contribution in [1.29, 1.82) is 0 Å². The van der Waals surface area contributed by atoms with Crippen molar-refractivity contribution in [2.45, 2.75) is 19.2 Å². The van der Waals surface area contributed by atoms with E-state index < -0.39 is 18.9 Å². The van der Waals surface area contributed by atoms with Crippen LogP contribution in [0.15, 0.2) is 24.3 Å². The molecule has 1 aromatic rings. The van der Waals surface area contributed by atoms with E-state index in [1.54, 1.807) is 6.07 Å². The molecule has 0 aliphatic heterocycles. The molecule has 0 radical (unpaired) electrons. The summed E-state index contributed by atoms with van der Waals surface area (Å²) in [7, 11) is 0. The molecule has 0 saturated heterocycles. The maximum Gasteiger partial charge on any atom is 0.417 e. The van der Waals surface area contributed by atoms with Crippen LogP contribution in [0.1, 0.15) is 17.3 Å². The smallest absolute Gasteiger partial charge is 0.417 e. The summed E-state index contributed by atoms with van der Waals surface area (Å²) in [6, 6.07) is 5.92. The van der Waals surface area contributed by atoms with Gasteiger partial charge >= 0.3 is 6.18 Å². The molecule has 0 amide bonds. The van der Waals surface area contributed by atoms with Crippen LogP contribution in [-0.2, 0) is 0 Å². The largest absolute Gasteiger partial charge is 0.490 e. The molecule has 0 aliphatic carbocycles. The number of carbonyl (C=O) groups is 1. The normalized spacial score (nSPS) is 13.2. The van der Waals surface area contributed by atoms with Crippen molar-refractivity contribution in [3.8, 4) is 5.75 Å². The van der Waals surface area contributed by atoms with Gasteiger partial charge < -0.3 is 9.84 Å². The molecular weight excluding hydrogens is 237 g/mol. The zero-order valence-electron chi connectivity index (χ0n) is 8.99. The van der Waals surface area contributed by atoms with Crippen molar-refractivity contribution < 1.29 is 27.8 Å². The number of ketones is 1. The highest BCUT2D eigenvalue weighted by molar-refractivity contribution is 5.96. The summed E-state index contributed by atoms with van der Waals surface area (Å²) in [6.07, 6.45) is -7.30. The average Bonchev–Trinajstić information content (AvgIpc) is 2.24. The molecule has 0 saturated carbocycles.